The second kappa shape index (κ2) is 5.97. The van der Waals surface area contributed by atoms with Gasteiger partial charge in [-0.2, -0.15) is 0 Å². The van der Waals surface area contributed by atoms with E-state index < -0.39 is 0 Å². The molecule has 0 atom stereocenters. The summed E-state index contributed by atoms with van der Waals surface area (Å²) >= 11 is 0. The minimum Gasteiger partial charge on any atom is -0.419 e. The summed E-state index contributed by atoms with van der Waals surface area (Å²) in [4.78, 5) is 0. The number of rotatable bonds is 5. The molecule has 0 spiro atoms. The molecule has 1 N–H and O–H groups in total. The molecule has 1 aromatic heterocycles. The van der Waals surface area contributed by atoms with Crippen molar-refractivity contribution >= 4 is 0 Å². The van der Waals surface area contributed by atoms with Gasteiger partial charge in [-0.05, 0) is 30.5 Å². The van der Waals surface area contributed by atoms with Gasteiger partial charge in [0.25, 0.3) is 0 Å². The molecule has 0 aliphatic heterocycles. The molecule has 0 amide bonds. The summed E-state index contributed by atoms with van der Waals surface area (Å²) < 4.78 is 5.62. The first-order valence-electron chi connectivity index (χ1n) is 6.63. The zero-order valence-corrected chi connectivity index (χ0v) is 11.8. The van der Waals surface area contributed by atoms with Crippen LogP contribution < -0.4 is 5.32 Å². The Kier molecular flexibility index (Phi) is 4.32. The van der Waals surface area contributed by atoms with Gasteiger partial charge in [0.15, 0.2) is 0 Å². The molecule has 4 heteroatoms. The molecule has 19 heavy (non-hydrogen) atoms. The monoisotopic (exact) mass is 259 g/mol. The summed E-state index contributed by atoms with van der Waals surface area (Å²) in [6, 6.07) is 9.81. The summed E-state index contributed by atoms with van der Waals surface area (Å²) in [6.45, 7) is 8.27. The maximum Gasteiger partial charge on any atom is 0.247 e. The van der Waals surface area contributed by atoms with E-state index in [1.807, 2.05) is 30.3 Å². The minimum atomic E-state index is 0.344. The average molecular weight is 259 g/mol. The number of hydrogen-bond acceptors (Lipinski definition) is 4. The topological polar surface area (TPSA) is 51.0 Å². The summed E-state index contributed by atoms with van der Waals surface area (Å²) in [7, 11) is 0. The van der Waals surface area contributed by atoms with E-state index in [9.17, 15) is 0 Å². The number of hydrogen-bond donors (Lipinski definition) is 1. The van der Waals surface area contributed by atoms with Crippen LogP contribution in [0.15, 0.2) is 34.7 Å². The van der Waals surface area contributed by atoms with E-state index in [2.05, 4.69) is 36.3 Å². The summed E-state index contributed by atoms with van der Waals surface area (Å²) in [5.74, 6) is 1.21. The molecule has 0 aliphatic carbocycles. The predicted octanol–water partition coefficient (Wildman–Crippen LogP) is 3.26. The number of nitrogens with one attached hydrogen (secondary N) is 1. The molecular weight excluding hydrogens is 238 g/mol. The fourth-order valence-electron chi connectivity index (χ4n) is 1.68. The Hall–Kier alpha value is -1.68. The average Bonchev–Trinajstić information content (AvgIpc) is 2.83. The highest BCUT2D eigenvalue weighted by atomic mass is 16.4. The van der Waals surface area contributed by atoms with Crippen LogP contribution in [0.2, 0.25) is 0 Å². The van der Waals surface area contributed by atoms with Gasteiger partial charge in [0.2, 0.25) is 11.8 Å². The summed E-state index contributed by atoms with van der Waals surface area (Å²) in [6.07, 6.45) is 1.12. The van der Waals surface area contributed by atoms with Crippen molar-refractivity contribution in [2.24, 2.45) is 5.41 Å². The van der Waals surface area contributed by atoms with Crippen molar-refractivity contribution in [3.63, 3.8) is 0 Å². The lowest BCUT2D eigenvalue weighted by Crippen LogP contribution is -2.20. The molecule has 1 aromatic carbocycles. The predicted molar refractivity (Wildman–Crippen MR) is 75.5 cm³/mol. The molecule has 102 valence electrons. The Morgan fingerprint density at radius 3 is 2.53 bits per heavy atom. The first kappa shape index (κ1) is 13.7. The van der Waals surface area contributed by atoms with E-state index in [1.54, 1.807) is 0 Å². The molecule has 1 heterocycles. The first-order valence-corrected chi connectivity index (χ1v) is 6.63. The highest BCUT2D eigenvalue weighted by molar-refractivity contribution is 5.51. The van der Waals surface area contributed by atoms with Crippen molar-refractivity contribution in [2.45, 2.75) is 33.7 Å². The summed E-state index contributed by atoms with van der Waals surface area (Å²) in [5.41, 5.74) is 1.30. The molecule has 0 fully saturated rings. The molecule has 0 radical (unpaired) electrons. The molecular formula is C15H21N3O. The number of nitrogens with zero attached hydrogens (tertiary/aromatic N) is 2. The maximum absolute atomic E-state index is 5.62. The van der Waals surface area contributed by atoms with Gasteiger partial charge in [0.1, 0.15) is 0 Å². The van der Waals surface area contributed by atoms with Crippen molar-refractivity contribution in [2.75, 3.05) is 6.54 Å². The fraction of sp³-hybridized carbons (Fsp3) is 0.467. The molecule has 2 rings (SSSR count). The third-order valence-electron chi connectivity index (χ3n) is 2.82. The Morgan fingerprint density at radius 1 is 1.11 bits per heavy atom. The highest BCUT2D eigenvalue weighted by Crippen LogP contribution is 2.18. The molecule has 0 saturated heterocycles. The number of benzene rings is 1. The Labute approximate surface area is 114 Å². The zero-order chi connectivity index (χ0) is 13.7. The Morgan fingerprint density at radius 2 is 1.84 bits per heavy atom. The lowest BCUT2D eigenvalue weighted by atomic mass is 9.92. The van der Waals surface area contributed by atoms with Crippen molar-refractivity contribution in [1.29, 1.82) is 0 Å². The van der Waals surface area contributed by atoms with Gasteiger partial charge in [-0.25, -0.2) is 0 Å². The van der Waals surface area contributed by atoms with Crippen LogP contribution in [-0.4, -0.2) is 16.7 Å². The first-order chi connectivity index (χ1) is 9.04. The molecule has 0 bridgehead atoms. The van der Waals surface area contributed by atoms with Crippen LogP contribution in [0.5, 0.6) is 0 Å². The van der Waals surface area contributed by atoms with Crippen LogP contribution in [0.3, 0.4) is 0 Å². The van der Waals surface area contributed by atoms with Gasteiger partial charge in [0.05, 0.1) is 6.54 Å². The smallest absolute Gasteiger partial charge is 0.247 e. The molecule has 4 nitrogen and oxygen atoms in total. The largest absolute Gasteiger partial charge is 0.419 e. The van der Waals surface area contributed by atoms with Crippen LogP contribution in [0.1, 0.15) is 33.1 Å². The van der Waals surface area contributed by atoms with Gasteiger partial charge in [0, 0.05) is 5.56 Å². The van der Waals surface area contributed by atoms with E-state index in [0.717, 1.165) is 18.5 Å². The lowest BCUT2D eigenvalue weighted by Gasteiger charge is -2.17. The minimum absolute atomic E-state index is 0.344. The fourth-order valence-corrected chi connectivity index (χ4v) is 1.68. The van der Waals surface area contributed by atoms with E-state index in [-0.39, 0.29) is 0 Å². The lowest BCUT2D eigenvalue weighted by molar-refractivity contribution is 0.360. The molecule has 2 aromatic rings. The number of aromatic nitrogens is 2. The van der Waals surface area contributed by atoms with Crippen LogP contribution >= 0.6 is 0 Å². The van der Waals surface area contributed by atoms with Crippen LogP contribution in [0, 0.1) is 5.41 Å². The van der Waals surface area contributed by atoms with Gasteiger partial charge < -0.3 is 9.73 Å². The zero-order valence-electron chi connectivity index (χ0n) is 11.8. The van der Waals surface area contributed by atoms with Crippen molar-refractivity contribution in [3.8, 4) is 11.5 Å². The normalized spacial score (nSPS) is 11.7. The SMILES string of the molecule is CC(C)(C)CCNCc1nnc(-c2ccccc2)o1. The third kappa shape index (κ3) is 4.48. The van der Waals surface area contributed by atoms with E-state index >= 15 is 0 Å². The van der Waals surface area contributed by atoms with Crippen LogP contribution in [0.4, 0.5) is 0 Å². The van der Waals surface area contributed by atoms with E-state index in [0.29, 0.717) is 23.7 Å². The van der Waals surface area contributed by atoms with Crippen molar-refractivity contribution in [3.05, 3.63) is 36.2 Å². The second-order valence-corrected chi connectivity index (χ2v) is 5.85. The van der Waals surface area contributed by atoms with Gasteiger partial charge in [-0.3, -0.25) is 0 Å². The maximum atomic E-state index is 5.62. The molecule has 0 saturated carbocycles. The van der Waals surface area contributed by atoms with Crippen molar-refractivity contribution in [1.82, 2.24) is 15.5 Å². The van der Waals surface area contributed by atoms with E-state index in [1.165, 1.54) is 0 Å². The Bertz CT molecular complexity index is 500. The van der Waals surface area contributed by atoms with Crippen LogP contribution in [-0.2, 0) is 6.54 Å². The standard InChI is InChI=1S/C15H21N3O/c1-15(2,3)9-10-16-11-13-17-18-14(19-13)12-7-5-4-6-8-12/h4-8,16H,9-11H2,1-3H3. The quantitative estimate of drug-likeness (QED) is 0.837. The van der Waals surface area contributed by atoms with Crippen molar-refractivity contribution < 1.29 is 4.42 Å². The highest BCUT2D eigenvalue weighted by Gasteiger charge is 2.10. The van der Waals surface area contributed by atoms with Gasteiger partial charge >= 0.3 is 0 Å². The Balaban J connectivity index is 1.85. The summed E-state index contributed by atoms with van der Waals surface area (Å²) in [5, 5.41) is 11.4. The van der Waals surface area contributed by atoms with Crippen LogP contribution in [0.25, 0.3) is 11.5 Å². The molecule has 0 unspecified atom stereocenters. The second-order valence-electron chi connectivity index (χ2n) is 5.85. The van der Waals surface area contributed by atoms with Gasteiger partial charge in [-0.1, -0.05) is 39.0 Å². The molecule has 0 aliphatic rings. The van der Waals surface area contributed by atoms with E-state index in [4.69, 9.17) is 4.42 Å². The third-order valence-corrected chi connectivity index (χ3v) is 2.82. The van der Waals surface area contributed by atoms with Gasteiger partial charge in [-0.15, -0.1) is 10.2 Å².